The molecule has 3 aromatic carbocycles. The smallest absolute Gasteiger partial charge is 0.260 e. The Morgan fingerprint density at radius 3 is 2.26 bits per heavy atom. The number of nitrogens with zero attached hydrogens (tertiary/aromatic N) is 2. The molecule has 4 aromatic rings. The average Bonchev–Trinajstić information content (AvgIpc) is 3.29. The van der Waals surface area contributed by atoms with Gasteiger partial charge < -0.3 is 18.9 Å². The number of rotatable bonds is 9. The third kappa shape index (κ3) is 4.77. The molecule has 0 saturated heterocycles. The van der Waals surface area contributed by atoms with Crippen molar-refractivity contribution in [3.63, 3.8) is 0 Å². The van der Waals surface area contributed by atoms with E-state index in [0.717, 1.165) is 21.5 Å². The number of carbonyl (C=O) groups excluding carboxylic acids is 1. The van der Waals surface area contributed by atoms with Gasteiger partial charge in [0.15, 0.2) is 16.6 Å². The van der Waals surface area contributed by atoms with Crippen molar-refractivity contribution in [2.24, 2.45) is 0 Å². The molecule has 4 rings (SSSR count). The van der Waals surface area contributed by atoms with Gasteiger partial charge in [-0.1, -0.05) is 41.7 Å². The highest BCUT2D eigenvalue weighted by atomic mass is 32.1. The molecule has 0 bridgehead atoms. The van der Waals surface area contributed by atoms with Crippen molar-refractivity contribution in [2.45, 2.75) is 13.5 Å². The zero-order chi connectivity index (χ0) is 24.1. The van der Waals surface area contributed by atoms with E-state index in [1.807, 2.05) is 55.5 Å². The molecule has 0 aliphatic heterocycles. The van der Waals surface area contributed by atoms with Crippen LogP contribution in [0.3, 0.4) is 0 Å². The molecule has 7 nitrogen and oxygen atoms in total. The molecule has 0 N–H and O–H groups in total. The van der Waals surface area contributed by atoms with Crippen LogP contribution in [0.15, 0.2) is 60.7 Å². The molecule has 34 heavy (non-hydrogen) atoms. The molecule has 176 valence electrons. The Balaban J connectivity index is 1.79. The average molecular weight is 479 g/mol. The minimum atomic E-state index is -0.229. The summed E-state index contributed by atoms with van der Waals surface area (Å²) in [5.74, 6) is 1.80. The Labute approximate surface area is 202 Å². The number of methoxy groups -OCH3 is 3. The van der Waals surface area contributed by atoms with Crippen molar-refractivity contribution >= 4 is 32.6 Å². The molecule has 8 heteroatoms. The van der Waals surface area contributed by atoms with Crippen molar-refractivity contribution in [1.82, 2.24) is 4.98 Å². The number of ether oxygens (including phenoxy) is 4. The Hall–Kier alpha value is -3.78. The van der Waals surface area contributed by atoms with Crippen molar-refractivity contribution < 1.29 is 23.7 Å². The summed E-state index contributed by atoms with van der Waals surface area (Å²) >= 11 is 1.44. The number of hydrogen-bond acceptors (Lipinski definition) is 7. The monoisotopic (exact) mass is 478 g/mol. The quantitative estimate of drug-likeness (QED) is 0.313. The SMILES string of the molecule is CCOc1ccc2nc(N(Cc3ccccc3)C(=O)c3cc(OC)c(OC)c(OC)c3)sc2c1. The van der Waals surface area contributed by atoms with Gasteiger partial charge in [0.1, 0.15) is 5.75 Å². The number of anilines is 1. The second kappa shape index (κ2) is 10.4. The maximum Gasteiger partial charge on any atom is 0.260 e. The topological polar surface area (TPSA) is 70.1 Å². The maximum atomic E-state index is 13.8. The summed E-state index contributed by atoms with van der Waals surface area (Å²) < 4.78 is 22.9. The summed E-state index contributed by atoms with van der Waals surface area (Å²) in [6, 6.07) is 18.9. The Bertz CT molecular complexity index is 1260. The number of aromatic nitrogens is 1. The second-order valence-corrected chi connectivity index (χ2v) is 8.36. The molecule has 0 saturated carbocycles. The largest absolute Gasteiger partial charge is 0.494 e. The maximum absolute atomic E-state index is 13.8. The van der Waals surface area contributed by atoms with Crippen LogP contribution in [0.2, 0.25) is 0 Å². The number of fused-ring (bicyclic) bond motifs is 1. The van der Waals surface area contributed by atoms with Crippen LogP contribution in [0, 0.1) is 0 Å². The molecule has 0 fully saturated rings. The lowest BCUT2D eigenvalue weighted by Gasteiger charge is -2.21. The van der Waals surface area contributed by atoms with E-state index in [0.29, 0.717) is 41.1 Å². The van der Waals surface area contributed by atoms with Crippen LogP contribution in [-0.2, 0) is 6.54 Å². The number of hydrogen-bond donors (Lipinski definition) is 0. The minimum Gasteiger partial charge on any atom is -0.494 e. The lowest BCUT2D eigenvalue weighted by molar-refractivity contribution is 0.0984. The van der Waals surface area contributed by atoms with Crippen LogP contribution in [0.25, 0.3) is 10.2 Å². The molecule has 0 radical (unpaired) electrons. The van der Waals surface area contributed by atoms with E-state index in [4.69, 9.17) is 23.9 Å². The lowest BCUT2D eigenvalue weighted by Crippen LogP contribution is -2.30. The third-order valence-corrected chi connectivity index (χ3v) is 6.27. The van der Waals surface area contributed by atoms with Crippen molar-refractivity contribution in [1.29, 1.82) is 0 Å². The van der Waals surface area contributed by atoms with Crippen LogP contribution < -0.4 is 23.8 Å². The zero-order valence-corrected chi connectivity index (χ0v) is 20.3. The predicted molar refractivity (Wildman–Crippen MR) is 134 cm³/mol. The summed E-state index contributed by atoms with van der Waals surface area (Å²) in [5, 5.41) is 0.589. The standard InChI is InChI=1S/C26H26N2O5S/c1-5-33-19-11-12-20-23(15-19)34-26(27-20)28(16-17-9-7-6-8-10-17)25(29)18-13-21(30-2)24(32-4)22(14-18)31-3/h6-15H,5,16H2,1-4H3. The van der Waals surface area contributed by atoms with Gasteiger partial charge in [0.25, 0.3) is 5.91 Å². The summed E-state index contributed by atoms with van der Waals surface area (Å²) in [4.78, 5) is 20.3. The Morgan fingerprint density at radius 2 is 1.65 bits per heavy atom. The van der Waals surface area contributed by atoms with Crippen molar-refractivity contribution in [2.75, 3.05) is 32.8 Å². The van der Waals surface area contributed by atoms with Crippen molar-refractivity contribution in [3.05, 3.63) is 71.8 Å². The van der Waals surface area contributed by atoms with Crippen LogP contribution in [0.4, 0.5) is 5.13 Å². The van der Waals surface area contributed by atoms with E-state index >= 15 is 0 Å². The molecule has 0 spiro atoms. The van der Waals surface area contributed by atoms with Gasteiger partial charge in [0.2, 0.25) is 5.75 Å². The van der Waals surface area contributed by atoms with Gasteiger partial charge in [-0.05, 0) is 42.8 Å². The molecular weight excluding hydrogens is 452 g/mol. The molecular formula is C26H26N2O5S. The minimum absolute atomic E-state index is 0.229. The van der Waals surface area contributed by atoms with Gasteiger partial charge >= 0.3 is 0 Å². The second-order valence-electron chi connectivity index (χ2n) is 7.35. The van der Waals surface area contributed by atoms with Gasteiger partial charge in [0.05, 0.1) is 44.7 Å². The van der Waals surface area contributed by atoms with E-state index in [9.17, 15) is 4.79 Å². The van der Waals surface area contributed by atoms with Crippen LogP contribution >= 0.6 is 11.3 Å². The Morgan fingerprint density at radius 1 is 0.941 bits per heavy atom. The number of thiazole rings is 1. The highest BCUT2D eigenvalue weighted by Crippen LogP contribution is 2.39. The molecule has 1 amide bonds. The first kappa shape index (κ1) is 23.4. The Kier molecular flexibility index (Phi) is 7.18. The first-order valence-electron chi connectivity index (χ1n) is 10.8. The number of benzene rings is 3. The van der Waals surface area contributed by atoms with E-state index < -0.39 is 0 Å². The summed E-state index contributed by atoms with van der Waals surface area (Å²) in [5.41, 5.74) is 2.19. The van der Waals surface area contributed by atoms with Crippen LogP contribution in [0.5, 0.6) is 23.0 Å². The van der Waals surface area contributed by atoms with Gasteiger partial charge in [-0.15, -0.1) is 0 Å². The zero-order valence-electron chi connectivity index (χ0n) is 19.5. The molecule has 0 aliphatic rings. The highest BCUT2D eigenvalue weighted by molar-refractivity contribution is 7.22. The van der Waals surface area contributed by atoms with Gasteiger partial charge in [0, 0.05) is 5.56 Å². The van der Waals surface area contributed by atoms with Crippen molar-refractivity contribution in [3.8, 4) is 23.0 Å². The highest BCUT2D eigenvalue weighted by Gasteiger charge is 2.25. The van der Waals surface area contributed by atoms with Gasteiger partial charge in [-0.3, -0.25) is 9.69 Å². The third-order valence-electron chi connectivity index (χ3n) is 5.23. The first-order chi connectivity index (χ1) is 16.6. The van der Waals surface area contributed by atoms with Gasteiger partial charge in [-0.2, -0.15) is 0 Å². The van der Waals surface area contributed by atoms with Gasteiger partial charge in [-0.25, -0.2) is 4.98 Å². The summed E-state index contributed by atoms with van der Waals surface area (Å²) in [7, 11) is 4.58. The van der Waals surface area contributed by atoms with Crippen LogP contribution in [-0.4, -0.2) is 38.8 Å². The molecule has 0 unspecified atom stereocenters. The fourth-order valence-electron chi connectivity index (χ4n) is 3.62. The lowest BCUT2D eigenvalue weighted by atomic mass is 10.1. The normalized spacial score (nSPS) is 10.7. The molecule has 0 atom stereocenters. The molecule has 1 aromatic heterocycles. The summed E-state index contributed by atoms with van der Waals surface area (Å²) in [6.45, 7) is 2.88. The van der Waals surface area contributed by atoms with E-state index in [1.54, 1.807) is 17.0 Å². The van der Waals surface area contributed by atoms with E-state index in [-0.39, 0.29) is 5.91 Å². The van der Waals surface area contributed by atoms with E-state index in [1.165, 1.54) is 32.7 Å². The summed E-state index contributed by atoms with van der Waals surface area (Å²) in [6.07, 6.45) is 0. The molecule has 1 heterocycles. The first-order valence-corrected chi connectivity index (χ1v) is 11.6. The molecule has 0 aliphatic carbocycles. The predicted octanol–water partition coefficient (Wildman–Crippen LogP) is 5.57. The van der Waals surface area contributed by atoms with Crippen LogP contribution in [0.1, 0.15) is 22.8 Å². The fraction of sp³-hybridized carbons (Fsp3) is 0.231. The van der Waals surface area contributed by atoms with E-state index in [2.05, 4.69) is 0 Å². The number of carbonyl (C=O) groups is 1. The number of amides is 1. The fourth-order valence-corrected chi connectivity index (χ4v) is 4.61.